The first-order chi connectivity index (χ1) is 9.31. The van der Waals surface area contributed by atoms with Crippen molar-refractivity contribution in [2.45, 2.75) is 32.2 Å². The van der Waals surface area contributed by atoms with E-state index in [1.54, 1.807) is 0 Å². The maximum atomic E-state index is 4.45. The highest BCUT2D eigenvalue weighted by Gasteiger charge is 2.23. The van der Waals surface area contributed by atoms with Crippen LogP contribution in [0.5, 0.6) is 0 Å². The number of aromatic amines is 1. The van der Waals surface area contributed by atoms with Gasteiger partial charge in [-0.05, 0) is 45.0 Å². The number of pyridine rings is 1. The van der Waals surface area contributed by atoms with Crippen molar-refractivity contribution in [2.24, 2.45) is 0 Å². The number of likely N-dealkylation sites (tertiary alicyclic amines) is 1. The highest BCUT2D eigenvalue weighted by molar-refractivity contribution is 5.04. The van der Waals surface area contributed by atoms with Gasteiger partial charge in [0.15, 0.2) is 5.82 Å². The van der Waals surface area contributed by atoms with Crippen LogP contribution in [-0.2, 0) is 6.54 Å². The number of aryl methyl sites for hydroxylation is 1. The molecule has 1 aliphatic rings. The molecule has 0 atom stereocenters. The van der Waals surface area contributed by atoms with Crippen LogP contribution in [0.1, 0.15) is 36.1 Å². The summed E-state index contributed by atoms with van der Waals surface area (Å²) in [5.41, 5.74) is 1.15. The van der Waals surface area contributed by atoms with Gasteiger partial charge in [0.05, 0.1) is 5.69 Å². The number of rotatable bonds is 3. The van der Waals surface area contributed by atoms with Crippen LogP contribution < -0.4 is 0 Å². The Morgan fingerprint density at radius 1 is 1.32 bits per heavy atom. The molecule has 0 radical (unpaired) electrons. The van der Waals surface area contributed by atoms with Crippen molar-refractivity contribution in [3.05, 3.63) is 41.7 Å². The van der Waals surface area contributed by atoms with Crippen molar-refractivity contribution in [3.63, 3.8) is 0 Å². The number of piperidine rings is 1. The van der Waals surface area contributed by atoms with E-state index in [-0.39, 0.29) is 0 Å². The molecule has 0 bridgehead atoms. The van der Waals surface area contributed by atoms with E-state index < -0.39 is 0 Å². The molecule has 1 saturated heterocycles. The minimum Gasteiger partial charge on any atom is -0.297 e. The third-order valence-corrected chi connectivity index (χ3v) is 3.68. The van der Waals surface area contributed by atoms with E-state index in [0.717, 1.165) is 49.8 Å². The van der Waals surface area contributed by atoms with Crippen LogP contribution in [-0.4, -0.2) is 38.2 Å². The lowest BCUT2D eigenvalue weighted by Gasteiger charge is -2.30. The van der Waals surface area contributed by atoms with Gasteiger partial charge in [0, 0.05) is 18.7 Å². The molecule has 1 aliphatic heterocycles. The minimum absolute atomic E-state index is 0.505. The molecule has 19 heavy (non-hydrogen) atoms. The van der Waals surface area contributed by atoms with E-state index in [1.807, 2.05) is 25.3 Å². The second-order valence-corrected chi connectivity index (χ2v) is 5.15. The van der Waals surface area contributed by atoms with Crippen molar-refractivity contribution in [1.82, 2.24) is 25.1 Å². The quantitative estimate of drug-likeness (QED) is 0.912. The summed E-state index contributed by atoms with van der Waals surface area (Å²) in [7, 11) is 0. The molecule has 5 heteroatoms. The standard InChI is InChI=1S/C14H19N5/c1-11-16-14(18-17-11)12-5-8-19(9-6-12)10-13-4-2-3-7-15-13/h2-4,7,12H,5-6,8-10H2,1H3,(H,16,17,18). The van der Waals surface area contributed by atoms with Gasteiger partial charge in [0.25, 0.3) is 0 Å². The van der Waals surface area contributed by atoms with Crippen LogP contribution in [0.25, 0.3) is 0 Å². The van der Waals surface area contributed by atoms with Crippen molar-refractivity contribution in [1.29, 1.82) is 0 Å². The van der Waals surface area contributed by atoms with E-state index >= 15 is 0 Å². The topological polar surface area (TPSA) is 57.7 Å². The van der Waals surface area contributed by atoms with Crippen molar-refractivity contribution >= 4 is 0 Å². The first-order valence-corrected chi connectivity index (χ1v) is 6.82. The third kappa shape index (κ3) is 2.98. The fourth-order valence-corrected chi connectivity index (χ4v) is 2.61. The lowest BCUT2D eigenvalue weighted by atomic mass is 9.96. The maximum Gasteiger partial charge on any atom is 0.153 e. The molecule has 2 aromatic rings. The normalized spacial score (nSPS) is 17.7. The van der Waals surface area contributed by atoms with Gasteiger partial charge in [-0.3, -0.25) is 15.0 Å². The Morgan fingerprint density at radius 2 is 2.16 bits per heavy atom. The molecule has 0 spiro atoms. The van der Waals surface area contributed by atoms with E-state index in [0.29, 0.717) is 5.92 Å². The lowest BCUT2D eigenvalue weighted by molar-refractivity contribution is 0.200. The fraction of sp³-hybridized carbons (Fsp3) is 0.500. The fourth-order valence-electron chi connectivity index (χ4n) is 2.61. The number of nitrogens with zero attached hydrogens (tertiary/aromatic N) is 4. The van der Waals surface area contributed by atoms with E-state index in [9.17, 15) is 0 Å². The molecule has 0 aromatic carbocycles. The van der Waals surface area contributed by atoms with Gasteiger partial charge in [-0.25, -0.2) is 4.98 Å². The Bertz CT molecular complexity index is 514. The summed E-state index contributed by atoms with van der Waals surface area (Å²) in [5, 5.41) is 7.21. The summed E-state index contributed by atoms with van der Waals surface area (Å²) < 4.78 is 0. The van der Waals surface area contributed by atoms with E-state index in [2.05, 4.69) is 31.1 Å². The summed E-state index contributed by atoms with van der Waals surface area (Å²) >= 11 is 0. The summed E-state index contributed by atoms with van der Waals surface area (Å²) in [5.74, 6) is 2.39. The smallest absolute Gasteiger partial charge is 0.153 e. The molecule has 5 nitrogen and oxygen atoms in total. The summed E-state index contributed by atoms with van der Waals surface area (Å²) in [6.45, 7) is 5.08. The SMILES string of the molecule is Cc1nc(C2CCN(Cc3ccccn3)CC2)n[nH]1. The molecular weight excluding hydrogens is 238 g/mol. The lowest BCUT2D eigenvalue weighted by Crippen LogP contribution is -2.33. The molecule has 3 rings (SSSR count). The van der Waals surface area contributed by atoms with Crippen molar-refractivity contribution < 1.29 is 0 Å². The minimum atomic E-state index is 0.505. The van der Waals surface area contributed by atoms with Crippen LogP contribution in [0.2, 0.25) is 0 Å². The Morgan fingerprint density at radius 3 is 2.79 bits per heavy atom. The highest BCUT2D eigenvalue weighted by atomic mass is 15.2. The molecular formula is C14H19N5. The van der Waals surface area contributed by atoms with Gasteiger partial charge in [-0.1, -0.05) is 6.07 Å². The molecule has 0 saturated carbocycles. The van der Waals surface area contributed by atoms with Crippen LogP contribution >= 0.6 is 0 Å². The molecule has 3 heterocycles. The Balaban J connectivity index is 1.55. The summed E-state index contributed by atoms with van der Waals surface area (Å²) in [4.78, 5) is 11.3. The average molecular weight is 257 g/mol. The molecule has 1 N–H and O–H groups in total. The maximum absolute atomic E-state index is 4.45. The second-order valence-electron chi connectivity index (χ2n) is 5.15. The number of H-pyrrole nitrogens is 1. The number of aromatic nitrogens is 4. The Labute approximate surface area is 113 Å². The van der Waals surface area contributed by atoms with Gasteiger partial charge < -0.3 is 0 Å². The van der Waals surface area contributed by atoms with Crippen LogP contribution in [0.15, 0.2) is 24.4 Å². The monoisotopic (exact) mass is 257 g/mol. The largest absolute Gasteiger partial charge is 0.297 e. The number of hydrogen-bond acceptors (Lipinski definition) is 4. The molecule has 0 unspecified atom stereocenters. The average Bonchev–Trinajstić information content (AvgIpc) is 2.87. The Hall–Kier alpha value is -1.75. The number of hydrogen-bond donors (Lipinski definition) is 1. The van der Waals surface area contributed by atoms with E-state index in [4.69, 9.17) is 0 Å². The first-order valence-electron chi connectivity index (χ1n) is 6.82. The molecule has 1 fully saturated rings. The molecule has 100 valence electrons. The van der Waals surface area contributed by atoms with Crippen molar-refractivity contribution in [2.75, 3.05) is 13.1 Å². The zero-order chi connectivity index (χ0) is 13.1. The summed E-state index contributed by atoms with van der Waals surface area (Å²) in [6.07, 6.45) is 4.12. The van der Waals surface area contributed by atoms with Gasteiger partial charge in [-0.15, -0.1) is 0 Å². The second kappa shape index (κ2) is 5.48. The summed E-state index contributed by atoms with van der Waals surface area (Å²) in [6, 6.07) is 6.09. The number of nitrogens with one attached hydrogen (secondary N) is 1. The zero-order valence-electron chi connectivity index (χ0n) is 11.2. The van der Waals surface area contributed by atoms with Gasteiger partial charge in [-0.2, -0.15) is 5.10 Å². The van der Waals surface area contributed by atoms with E-state index in [1.165, 1.54) is 0 Å². The van der Waals surface area contributed by atoms with Crippen molar-refractivity contribution in [3.8, 4) is 0 Å². The van der Waals surface area contributed by atoms with Crippen LogP contribution in [0.3, 0.4) is 0 Å². The van der Waals surface area contributed by atoms with Gasteiger partial charge >= 0.3 is 0 Å². The predicted molar refractivity (Wildman–Crippen MR) is 72.6 cm³/mol. The van der Waals surface area contributed by atoms with Gasteiger partial charge in [0.1, 0.15) is 5.82 Å². The zero-order valence-corrected chi connectivity index (χ0v) is 11.2. The molecule has 2 aromatic heterocycles. The Kier molecular flexibility index (Phi) is 3.55. The molecule has 0 aliphatic carbocycles. The third-order valence-electron chi connectivity index (χ3n) is 3.68. The van der Waals surface area contributed by atoms with Crippen LogP contribution in [0.4, 0.5) is 0 Å². The predicted octanol–water partition coefficient (Wildman–Crippen LogP) is 1.89. The van der Waals surface area contributed by atoms with Gasteiger partial charge in [0.2, 0.25) is 0 Å². The van der Waals surface area contributed by atoms with Crippen LogP contribution in [0, 0.1) is 6.92 Å². The highest BCUT2D eigenvalue weighted by Crippen LogP contribution is 2.25. The first kappa shape index (κ1) is 12.3. The molecule has 0 amide bonds.